The quantitative estimate of drug-likeness (QED) is 0.207. The third kappa shape index (κ3) is 3.81. The molecule has 1 aromatic heterocycles. The van der Waals surface area contributed by atoms with Crippen LogP contribution in [0.25, 0.3) is 44.9 Å². The monoisotopic (exact) mass is 562 g/mol. The van der Waals surface area contributed by atoms with Gasteiger partial charge in [-0.05, 0) is 75.9 Å². The number of rotatable bonds is 4. The molecule has 2 aliphatic rings. The van der Waals surface area contributed by atoms with Crippen molar-refractivity contribution < 1.29 is 0 Å². The van der Waals surface area contributed by atoms with Gasteiger partial charge in [-0.3, -0.25) is 0 Å². The van der Waals surface area contributed by atoms with Crippen LogP contribution in [0.1, 0.15) is 22.7 Å². The third-order valence-corrected chi connectivity index (χ3v) is 9.33. The molecule has 0 fully saturated rings. The van der Waals surface area contributed by atoms with Crippen LogP contribution >= 0.6 is 0 Å². The Hall–Kier alpha value is -5.60. The van der Waals surface area contributed by atoms with Crippen molar-refractivity contribution in [2.24, 2.45) is 0 Å². The fraction of sp³-hybridized carbons (Fsp3) is 0.0476. The number of hydrogen-bond donors (Lipinski definition) is 0. The van der Waals surface area contributed by atoms with Crippen LogP contribution in [0.15, 0.2) is 164 Å². The lowest BCUT2D eigenvalue weighted by Gasteiger charge is -2.31. The van der Waals surface area contributed by atoms with E-state index in [0.717, 1.165) is 0 Å². The SMILES string of the molecule is C1=CC2C(c3ccccc3N2c2cccc(-c3ccccc3)c2)c2c1n(-c1cccc(-c3ccccc3)c1)c1ccccc21. The summed E-state index contributed by atoms with van der Waals surface area (Å²) < 4.78 is 2.46. The highest BCUT2D eigenvalue weighted by atomic mass is 15.2. The van der Waals surface area contributed by atoms with Gasteiger partial charge in [-0.2, -0.15) is 0 Å². The van der Waals surface area contributed by atoms with Gasteiger partial charge >= 0.3 is 0 Å². The summed E-state index contributed by atoms with van der Waals surface area (Å²) in [5, 5.41) is 1.32. The zero-order valence-corrected chi connectivity index (χ0v) is 24.2. The van der Waals surface area contributed by atoms with Crippen molar-refractivity contribution >= 4 is 28.4 Å². The summed E-state index contributed by atoms with van der Waals surface area (Å²) in [7, 11) is 0. The second kappa shape index (κ2) is 10.00. The number of para-hydroxylation sites is 2. The van der Waals surface area contributed by atoms with Crippen molar-refractivity contribution in [2.75, 3.05) is 4.90 Å². The molecule has 9 rings (SSSR count). The Kier molecular flexibility index (Phi) is 5.67. The Morgan fingerprint density at radius 1 is 0.477 bits per heavy atom. The molecule has 0 saturated heterocycles. The van der Waals surface area contributed by atoms with Gasteiger partial charge in [0.1, 0.15) is 0 Å². The Bertz CT molecular complexity index is 2190. The third-order valence-electron chi connectivity index (χ3n) is 9.33. The first kappa shape index (κ1) is 24.9. The van der Waals surface area contributed by atoms with Crippen LogP contribution in [-0.4, -0.2) is 10.6 Å². The van der Waals surface area contributed by atoms with Crippen LogP contribution in [0.4, 0.5) is 11.4 Å². The Balaban J connectivity index is 1.23. The zero-order chi connectivity index (χ0) is 29.0. The van der Waals surface area contributed by atoms with Crippen molar-refractivity contribution in [1.82, 2.24) is 4.57 Å². The van der Waals surface area contributed by atoms with Crippen LogP contribution in [0, 0.1) is 0 Å². The molecule has 2 nitrogen and oxygen atoms in total. The molecule has 2 unspecified atom stereocenters. The van der Waals surface area contributed by atoms with E-state index in [0.29, 0.717) is 0 Å². The summed E-state index contributed by atoms with van der Waals surface area (Å²) in [6.45, 7) is 0. The fourth-order valence-electron chi connectivity index (χ4n) is 7.46. The van der Waals surface area contributed by atoms with Crippen LogP contribution in [0.2, 0.25) is 0 Å². The molecule has 0 N–H and O–H groups in total. The lowest BCUT2D eigenvalue weighted by molar-refractivity contribution is 0.725. The standard InChI is InChI=1S/C42H30N2/c1-3-13-29(14-4-1)31-17-11-19-33(27-31)43-37-23-9-7-21-35(37)41-39(43)25-26-40-42(41)36-22-8-10-24-38(36)44(40)34-20-12-18-32(28-34)30-15-5-2-6-16-30/h1-28,39,41H. The van der Waals surface area contributed by atoms with E-state index in [1.54, 1.807) is 0 Å². The topological polar surface area (TPSA) is 8.17 Å². The lowest BCUT2D eigenvalue weighted by atomic mass is 9.82. The van der Waals surface area contributed by atoms with Gasteiger partial charge in [0.05, 0.1) is 17.3 Å². The lowest BCUT2D eigenvalue weighted by Crippen LogP contribution is -2.30. The molecule has 2 heterocycles. The second-order valence-corrected chi connectivity index (χ2v) is 11.7. The fourth-order valence-corrected chi connectivity index (χ4v) is 7.46. The molecule has 6 aromatic carbocycles. The van der Waals surface area contributed by atoms with Gasteiger partial charge < -0.3 is 9.47 Å². The molecule has 208 valence electrons. The van der Waals surface area contributed by atoms with E-state index in [4.69, 9.17) is 0 Å². The van der Waals surface area contributed by atoms with E-state index < -0.39 is 0 Å². The maximum Gasteiger partial charge on any atom is 0.0637 e. The van der Waals surface area contributed by atoms with Crippen LogP contribution in [0.3, 0.4) is 0 Å². The first-order valence-corrected chi connectivity index (χ1v) is 15.4. The average molecular weight is 563 g/mol. The summed E-state index contributed by atoms with van der Waals surface area (Å²) in [4.78, 5) is 2.55. The summed E-state index contributed by atoms with van der Waals surface area (Å²) in [6.07, 6.45) is 4.80. The average Bonchev–Trinajstić information content (AvgIpc) is 3.62. The predicted molar refractivity (Wildman–Crippen MR) is 184 cm³/mol. The van der Waals surface area contributed by atoms with Crippen molar-refractivity contribution in [2.45, 2.75) is 12.0 Å². The van der Waals surface area contributed by atoms with Crippen molar-refractivity contribution in [1.29, 1.82) is 0 Å². The normalized spacial score (nSPS) is 16.5. The molecule has 1 aliphatic carbocycles. The molecule has 44 heavy (non-hydrogen) atoms. The zero-order valence-electron chi connectivity index (χ0n) is 24.2. The minimum Gasteiger partial charge on any atom is -0.333 e. The van der Waals surface area contributed by atoms with E-state index >= 15 is 0 Å². The van der Waals surface area contributed by atoms with Crippen molar-refractivity contribution in [3.63, 3.8) is 0 Å². The molecule has 0 amide bonds. The highest BCUT2D eigenvalue weighted by molar-refractivity contribution is 5.94. The summed E-state index contributed by atoms with van der Waals surface area (Å²) in [5.41, 5.74) is 13.9. The molecular weight excluding hydrogens is 532 g/mol. The van der Waals surface area contributed by atoms with Crippen LogP contribution in [-0.2, 0) is 0 Å². The number of fused-ring (bicyclic) bond motifs is 7. The Morgan fingerprint density at radius 3 is 1.82 bits per heavy atom. The van der Waals surface area contributed by atoms with E-state index in [1.165, 1.54) is 67.0 Å². The van der Waals surface area contributed by atoms with Gasteiger partial charge in [0.15, 0.2) is 0 Å². The first-order chi connectivity index (χ1) is 21.8. The van der Waals surface area contributed by atoms with Gasteiger partial charge in [0, 0.05) is 28.4 Å². The van der Waals surface area contributed by atoms with Gasteiger partial charge in [-0.15, -0.1) is 0 Å². The van der Waals surface area contributed by atoms with Gasteiger partial charge in [0.25, 0.3) is 0 Å². The Morgan fingerprint density at radius 2 is 1.07 bits per heavy atom. The van der Waals surface area contributed by atoms with E-state index in [1.807, 2.05) is 0 Å². The summed E-state index contributed by atoms with van der Waals surface area (Å²) in [6, 6.07) is 57.4. The predicted octanol–water partition coefficient (Wildman–Crippen LogP) is 10.6. The highest BCUT2D eigenvalue weighted by Gasteiger charge is 2.43. The Labute approximate surface area is 257 Å². The minimum atomic E-state index is 0.181. The van der Waals surface area contributed by atoms with Gasteiger partial charge in [0.2, 0.25) is 0 Å². The van der Waals surface area contributed by atoms with Crippen LogP contribution in [0.5, 0.6) is 0 Å². The molecule has 7 aromatic rings. The molecule has 2 heteroatoms. The maximum absolute atomic E-state index is 2.55. The van der Waals surface area contributed by atoms with Crippen molar-refractivity contribution in [3.05, 3.63) is 181 Å². The first-order valence-electron chi connectivity index (χ1n) is 15.4. The number of aromatic nitrogens is 1. The van der Waals surface area contributed by atoms with Crippen LogP contribution < -0.4 is 4.90 Å². The maximum atomic E-state index is 2.55. The summed E-state index contributed by atoms with van der Waals surface area (Å²) in [5.74, 6) is 0.218. The van der Waals surface area contributed by atoms with Gasteiger partial charge in [-0.25, -0.2) is 0 Å². The highest BCUT2D eigenvalue weighted by Crippen LogP contribution is 2.54. The van der Waals surface area contributed by atoms with Crippen molar-refractivity contribution in [3.8, 4) is 27.9 Å². The molecular formula is C42H30N2. The minimum absolute atomic E-state index is 0.181. The molecule has 0 radical (unpaired) electrons. The largest absolute Gasteiger partial charge is 0.333 e. The molecule has 0 saturated carbocycles. The van der Waals surface area contributed by atoms with Gasteiger partial charge in [-0.1, -0.05) is 127 Å². The van der Waals surface area contributed by atoms with E-state index in [9.17, 15) is 0 Å². The number of hydrogen-bond acceptors (Lipinski definition) is 1. The molecule has 1 aliphatic heterocycles. The molecule has 2 atom stereocenters. The second-order valence-electron chi connectivity index (χ2n) is 11.7. The molecule has 0 spiro atoms. The number of nitrogens with zero attached hydrogens (tertiary/aromatic N) is 2. The van der Waals surface area contributed by atoms with E-state index in [-0.39, 0.29) is 12.0 Å². The summed E-state index contributed by atoms with van der Waals surface area (Å²) >= 11 is 0. The number of anilines is 2. The number of benzene rings is 6. The molecule has 0 bridgehead atoms. The van der Waals surface area contributed by atoms with E-state index in [2.05, 4.69) is 179 Å². The smallest absolute Gasteiger partial charge is 0.0637 e.